The first-order valence-corrected chi connectivity index (χ1v) is 5.69. The van der Waals surface area contributed by atoms with Crippen molar-refractivity contribution >= 4 is 5.57 Å². The largest absolute Gasteiger partial charge is 0.316 e. The summed E-state index contributed by atoms with van der Waals surface area (Å²) < 4.78 is 0. The molecule has 0 atom stereocenters. The van der Waals surface area contributed by atoms with Crippen molar-refractivity contribution in [3.05, 3.63) is 42.0 Å². The number of rotatable bonds is 6. The molecule has 1 aromatic carbocycles. The van der Waals surface area contributed by atoms with Gasteiger partial charge in [-0.1, -0.05) is 44.2 Å². The van der Waals surface area contributed by atoms with Gasteiger partial charge in [-0.3, -0.25) is 0 Å². The Hall–Kier alpha value is -1.08. The van der Waals surface area contributed by atoms with Gasteiger partial charge < -0.3 is 5.32 Å². The predicted octanol–water partition coefficient (Wildman–Crippen LogP) is 3.61. The fourth-order valence-electron chi connectivity index (χ4n) is 1.60. The van der Waals surface area contributed by atoms with E-state index in [0.717, 1.165) is 13.0 Å². The first-order valence-electron chi connectivity index (χ1n) is 5.69. The van der Waals surface area contributed by atoms with Crippen molar-refractivity contribution < 1.29 is 0 Å². The summed E-state index contributed by atoms with van der Waals surface area (Å²) in [5.41, 5.74) is 3.86. The molecule has 1 N–H and O–H groups in total. The summed E-state index contributed by atoms with van der Waals surface area (Å²) in [6, 6.07) is 8.68. The van der Waals surface area contributed by atoms with Gasteiger partial charge in [-0.15, -0.1) is 0 Å². The number of hydrogen-bond acceptors (Lipinski definition) is 1. The Balaban J connectivity index is 2.58. The second kappa shape index (κ2) is 6.41. The van der Waals surface area contributed by atoms with Gasteiger partial charge in [0, 0.05) is 6.54 Å². The standard InChI is InChI=1S/C14H21N/c1-4-5-6-12(2)14-9-7-13(8-10-14)11-15-3/h7-10,15H,2,4-6,11H2,1,3H3. The Morgan fingerprint density at radius 2 is 1.93 bits per heavy atom. The summed E-state index contributed by atoms with van der Waals surface area (Å²) in [5, 5.41) is 3.14. The van der Waals surface area contributed by atoms with Gasteiger partial charge in [0.1, 0.15) is 0 Å². The smallest absolute Gasteiger partial charge is 0.0202 e. The maximum absolute atomic E-state index is 4.12. The number of allylic oxidation sites excluding steroid dienone is 1. The molecule has 1 heteroatoms. The maximum Gasteiger partial charge on any atom is 0.0202 e. The van der Waals surface area contributed by atoms with E-state index in [1.807, 2.05) is 7.05 Å². The van der Waals surface area contributed by atoms with Crippen LogP contribution in [0.4, 0.5) is 0 Å². The molecule has 0 heterocycles. The topological polar surface area (TPSA) is 12.0 Å². The van der Waals surface area contributed by atoms with Crippen LogP contribution in [-0.4, -0.2) is 7.05 Å². The zero-order valence-corrected chi connectivity index (χ0v) is 9.84. The molecule has 1 aromatic rings. The number of unbranched alkanes of at least 4 members (excludes halogenated alkanes) is 1. The molecule has 0 amide bonds. The van der Waals surface area contributed by atoms with Crippen molar-refractivity contribution in [3.63, 3.8) is 0 Å². The molecular formula is C14H21N. The zero-order valence-electron chi connectivity index (χ0n) is 9.84. The fourth-order valence-corrected chi connectivity index (χ4v) is 1.60. The van der Waals surface area contributed by atoms with Gasteiger partial charge in [0.05, 0.1) is 0 Å². The summed E-state index contributed by atoms with van der Waals surface area (Å²) >= 11 is 0. The summed E-state index contributed by atoms with van der Waals surface area (Å²) in [6.45, 7) is 7.27. The van der Waals surface area contributed by atoms with E-state index >= 15 is 0 Å². The molecule has 1 rings (SSSR count). The van der Waals surface area contributed by atoms with Crippen molar-refractivity contribution in [1.82, 2.24) is 5.32 Å². The van der Waals surface area contributed by atoms with Crippen molar-refractivity contribution in [3.8, 4) is 0 Å². The molecule has 0 unspecified atom stereocenters. The monoisotopic (exact) mass is 203 g/mol. The minimum absolute atomic E-state index is 0.932. The molecule has 0 saturated carbocycles. The SMILES string of the molecule is C=C(CCCC)c1ccc(CNC)cc1. The van der Waals surface area contributed by atoms with E-state index < -0.39 is 0 Å². The molecule has 0 spiro atoms. The lowest BCUT2D eigenvalue weighted by Gasteiger charge is -2.06. The van der Waals surface area contributed by atoms with E-state index in [1.165, 1.54) is 29.5 Å². The van der Waals surface area contributed by atoms with Gasteiger partial charge >= 0.3 is 0 Å². The van der Waals surface area contributed by atoms with E-state index in [0.29, 0.717) is 0 Å². The number of nitrogens with one attached hydrogen (secondary N) is 1. The van der Waals surface area contributed by atoms with Crippen molar-refractivity contribution in [2.24, 2.45) is 0 Å². The van der Waals surface area contributed by atoms with Crippen LogP contribution in [0.3, 0.4) is 0 Å². The average Bonchev–Trinajstić information content (AvgIpc) is 2.27. The van der Waals surface area contributed by atoms with Crippen molar-refractivity contribution in [1.29, 1.82) is 0 Å². The molecule has 0 aromatic heterocycles. The lowest BCUT2D eigenvalue weighted by molar-refractivity contribution is 0.816. The van der Waals surface area contributed by atoms with Gasteiger partial charge in [-0.05, 0) is 36.6 Å². The second-order valence-corrected chi connectivity index (χ2v) is 3.93. The summed E-state index contributed by atoms with van der Waals surface area (Å²) in [7, 11) is 1.97. The van der Waals surface area contributed by atoms with Crippen LogP contribution < -0.4 is 5.32 Å². The van der Waals surface area contributed by atoms with Crippen molar-refractivity contribution in [2.45, 2.75) is 32.7 Å². The molecule has 0 aliphatic heterocycles. The minimum Gasteiger partial charge on any atom is -0.316 e. The number of hydrogen-bond donors (Lipinski definition) is 1. The van der Waals surface area contributed by atoms with Crippen LogP contribution in [0.5, 0.6) is 0 Å². The van der Waals surface area contributed by atoms with Crippen LogP contribution in [0, 0.1) is 0 Å². The molecule has 15 heavy (non-hydrogen) atoms. The van der Waals surface area contributed by atoms with Crippen LogP contribution in [-0.2, 0) is 6.54 Å². The van der Waals surface area contributed by atoms with E-state index in [-0.39, 0.29) is 0 Å². The second-order valence-electron chi connectivity index (χ2n) is 3.93. The van der Waals surface area contributed by atoms with Gasteiger partial charge in [0.2, 0.25) is 0 Å². The maximum atomic E-state index is 4.12. The average molecular weight is 203 g/mol. The highest BCUT2D eigenvalue weighted by Gasteiger charge is 1.98. The van der Waals surface area contributed by atoms with Gasteiger partial charge in [-0.2, -0.15) is 0 Å². The van der Waals surface area contributed by atoms with Crippen LogP contribution >= 0.6 is 0 Å². The molecule has 0 radical (unpaired) electrons. The van der Waals surface area contributed by atoms with Gasteiger partial charge in [0.25, 0.3) is 0 Å². The third kappa shape index (κ3) is 3.88. The molecule has 1 nitrogen and oxygen atoms in total. The highest BCUT2D eigenvalue weighted by molar-refractivity contribution is 5.63. The number of benzene rings is 1. The molecular weight excluding hydrogens is 182 g/mol. The Morgan fingerprint density at radius 3 is 2.47 bits per heavy atom. The van der Waals surface area contributed by atoms with E-state index in [1.54, 1.807) is 0 Å². The normalized spacial score (nSPS) is 10.3. The summed E-state index contributed by atoms with van der Waals surface area (Å²) in [6.07, 6.45) is 3.58. The third-order valence-electron chi connectivity index (χ3n) is 2.58. The summed E-state index contributed by atoms with van der Waals surface area (Å²) in [5.74, 6) is 0. The minimum atomic E-state index is 0.932. The zero-order chi connectivity index (χ0) is 11.1. The van der Waals surface area contributed by atoms with Gasteiger partial charge in [0.15, 0.2) is 0 Å². The lowest BCUT2D eigenvalue weighted by Crippen LogP contribution is -2.04. The first kappa shape index (κ1) is 12.0. The predicted molar refractivity (Wildman–Crippen MR) is 67.8 cm³/mol. The van der Waals surface area contributed by atoms with Crippen LogP contribution in [0.1, 0.15) is 37.3 Å². The van der Waals surface area contributed by atoms with E-state index in [4.69, 9.17) is 0 Å². The Kier molecular flexibility index (Phi) is 5.13. The van der Waals surface area contributed by atoms with E-state index in [9.17, 15) is 0 Å². The van der Waals surface area contributed by atoms with Crippen LogP contribution in [0.15, 0.2) is 30.8 Å². The Morgan fingerprint density at radius 1 is 1.27 bits per heavy atom. The first-order chi connectivity index (χ1) is 7.27. The molecule has 82 valence electrons. The lowest BCUT2D eigenvalue weighted by atomic mass is 10.0. The molecule has 0 aliphatic carbocycles. The Bertz CT molecular complexity index is 298. The highest BCUT2D eigenvalue weighted by atomic mass is 14.8. The fraction of sp³-hybridized carbons (Fsp3) is 0.429. The van der Waals surface area contributed by atoms with Crippen molar-refractivity contribution in [2.75, 3.05) is 7.05 Å². The van der Waals surface area contributed by atoms with Crippen LogP contribution in [0.25, 0.3) is 5.57 Å². The molecule has 0 aliphatic rings. The highest BCUT2D eigenvalue weighted by Crippen LogP contribution is 2.19. The van der Waals surface area contributed by atoms with E-state index in [2.05, 4.69) is 43.1 Å². The quantitative estimate of drug-likeness (QED) is 0.744. The molecule has 0 fully saturated rings. The Labute approximate surface area is 93.2 Å². The van der Waals surface area contributed by atoms with Crippen LogP contribution in [0.2, 0.25) is 0 Å². The molecule has 0 saturated heterocycles. The van der Waals surface area contributed by atoms with Gasteiger partial charge in [-0.25, -0.2) is 0 Å². The summed E-state index contributed by atoms with van der Waals surface area (Å²) in [4.78, 5) is 0. The molecule has 0 bridgehead atoms. The third-order valence-corrected chi connectivity index (χ3v) is 2.58.